The predicted octanol–water partition coefficient (Wildman–Crippen LogP) is 1.83. The van der Waals surface area contributed by atoms with Crippen LogP contribution in [-0.4, -0.2) is 6.04 Å². The first-order chi connectivity index (χ1) is 4.88. The molecule has 1 heteroatoms. The van der Waals surface area contributed by atoms with Crippen LogP contribution in [0.25, 0.3) is 0 Å². The van der Waals surface area contributed by atoms with E-state index in [-0.39, 0.29) is 6.04 Å². The Kier molecular flexibility index (Phi) is 1.24. The van der Waals surface area contributed by atoms with Crippen molar-refractivity contribution in [1.82, 2.24) is 5.73 Å². The average molecular weight is 132 g/mol. The third-order valence-electron chi connectivity index (χ3n) is 2.02. The first-order valence-corrected chi connectivity index (χ1v) is 3.64. The summed E-state index contributed by atoms with van der Waals surface area (Å²) in [5.41, 5.74) is 8.72. The molecule has 2 atom stereocenters. The molecule has 0 unspecified atom stereocenters. The maximum atomic E-state index is 7.39. The fourth-order valence-electron chi connectivity index (χ4n) is 1.26. The molecule has 0 amide bonds. The molecule has 1 saturated carbocycles. The van der Waals surface area contributed by atoms with Crippen LogP contribution in [0.4, 0.5) is 0 Å². The number of benzene rings is 1. The molecule has 0 aliphatic heterocycles. The molecule has 0 heterocycles. The lowest BCUT2D eigenvalue weighted by atomic mass is 10.1. The Bertz CT molecular complexity index is 217. The van der Waals surface area contributed by atoms with E-state index >= 15 is 0 Å². The minimum Gasteiger partial charge on any atom is -0.254 e. The van der Waals surface area contributed by atoms with E-state index in [1.807, 2.05) is 18.2 Å². The Morgan fingerprint density at radius 3 is 2.30 bits per heavy atom. The quantitative estimate of drug-likeness (QED) is 0.556. The molecule has 1 nitrogen and oxygen atoms in total. The van der Waals surface area contributed by atoms with Gasteiger partial charge in [0.15, 0.2) is 0 Å². The Morgan fingerprint density at radius 1 is 1.20 bits per heavy atom. The van der Waals surface area contributed by atoms with Crippen molar-refractivity contribution in [3.63, 3.8) is 0 Å². The van der Waals surface area contributed by atoms with Crippen LogP contribution in [0.1, 0.15) is 17.9 Å². The minimum atomic E-state index is 0.183. The maximum Gasteiger partial charge on any atom is 0.0288 e. The zero-order valence-electron chi connectivity index (χ0n) is 5.75. The summed E-state index contributed by atoms with van der Waals surface area (Å²) in [5.74, 6) is 0.543. The second-order valence-corrected chi connectivity index (χ2v) is 2.86. The number of nitrogens with one attached hydrogen (secondary N) is 1. The van der Waals surface area contributed by atoms with E-state index < -0.39 is 0 Å². The van der Waals surface area contributed by atoms with E-state index in [2.05, 4.69) is 12.1 Å². The van der Waals surface area contributed by atoms with Crippen LogP contribution in [0.2, 0.25) is 0 Å². The first-order valence-electron chi connectivity index (χ1n) is 3.64. The highest BCUT2D eigenvalue weighted by atomic mass is 14.7. The van der Waals surface area contributed by atoms with Crippen LogP contribution >= 0.6 is 0 Å². The van der Waals surface area contributed by atoms with Crippen molar-refractivity contribution < 1.29 is 0 Å². The number of rotatable bonds is 1. The molecule has 1 aliphatic carbocycles. The maximum absolute atomic E-state index is 7.39. The van der Waals surface area contributed by atoms with Gasteiger partial charge in [-0.1, -0.05) is 30.3 Å². The van der Waals surface area contributed by atoms with Gasteiger partial charge in [-0.2, -0.15) is 0 Å². The Hall–Kier alpha value is -0.820. The number of hydrogen-bond donors (Lipinski definition) is 0. The molecule has 1 radical (unpaired) electrons. The highest BCUT2D eigenvalue weighted by Crippen LogP contribution is 2.39. The summed E-state index contributed by atoms with van der Waals surface area (Å²) >= 11 is 0. The smallest absolute Gasteiger partial charge is 0.0288 e. The monoisotopic (exact) mass is 132 g/mol. The topological polar surface area (TPSA) is 23.8 Å². The zero-order valence-corrected chi connectivity index (χ0v) is 5.75. The van der Waals surface area contributed by atoms with Gasteiger partial charge in [-0.05, 0) is 12.0 Å². The summed E-state index contributed by atoms with van der Waals surface area (Å²) in [6.45, 7) is 0. The Morgan fingerprint density at radius 2 is 1.80 bits per heavy atom. The van der Waals surface area contributed by atoms with Gasteiger partial charge in [0.05, 0.1) is 0 Å². The Balaban J connectivity index is 2.20. The van der Waals surface area contributed by atoms with Crippen LogP contribution in [0.15, 0.2) is 30.3 Å². The van der Waals surface area contributed by atoms with E-state index in [0.717, 1.165) is 6.42 Å². The summed E-state index contributed by atoms with van der Waals surface area (Å²) in [5, 5.41) is 0. The largest absolute Gasteiger partial charge is 0.254 e. The van der Waals surface area contributed by atoms with Gasteiger partial charge in [0.25, 0.3) is 0 Å². The molecule has 0 bridgehead atoms. The molecule has 0 aromatic heterocycles. The van der Waals surface area contributed by atoms with E-state index in [4.69, 9.17) is 5.73 Å². The lowest BCUT2D eigenvalue weighted by molar-refractivity contribution is 0.958. The van der Waals surface area contributed by atoms with Gasteiger partial charge in [0.2, 0.25) is 0 Å². The van der Waals surface area contributed by atoms with Crippen LogP contribution < -0.4 is 5.73 Å². The fourth-order valence-corrected chi connectivity index (χ4v) is 1.26. The van der Waals surface area contributed by atoms with Crippen molar-refractivity contribution in [2.75, 3.05) is 0 Å². The van der Waals surface area contributed by atoms with Crippen molar-refractivity contribution >= 4 is 0 Å². The molecule has 0 spiro atoms. The molecule has 0 saturated heterocycles. The van der Waals surface area contributed by atoms with Gasteiger partial charge >= 0.3 is 0 Å². The summed E-state index contributed by atoms with van der Waals surface area (Å²) in [4.78, 5) is 0. The fraction of sp³-hybridized carbons (Fsp3) is 0.333. The van der Waals surface area contributed by atoms with Crippen LogP contribution in [0, 0.1) is 0 Å². The molecule has 1 fully saturated rings. The van der Waals surface area contributed by atoms with Crippen molar-refractivity contribution in [3.05, 3.63) is 35.9 Å². The second-order valence-electron chi connectivity index (χ2n) is 2.86. The highest BCUT2D eigenvalue weighted by molar-refractivity contribution is 5.26. The highest BCUT2D eigenvalue weighted by Gasteiger charge is 2.35. The SMILES string of the molecule is [NH][C@H]1C[C@@H]1c1ccccc1. The van der Waals surface area contributed by atoms with Crippen LogP contribution in [-0.2, 0) is 0 Å². The molecular weight excluding hydrogens is 122 g/mol. The predicted molar refractivity (Wildman–Crippen MR) is 40.7 cm³/mol. The van der Waals surface area contributed by atoms with Crippen molar-refractivity contribution in [3.8, 4) is 0 Å². The summed E-state index contributed by atoms with van der Waals surface area (Å²) in [7, 11) is 0. The third-order valence-corrected chi connectivity index (χ3v) is 2.02. The van der Waals surface area contributed by atoms with Gasteiger partial charge in [0.1, 0.15) is 0 Å². The first kappa shape index (κ1) is 5.93. The molecule has 1 aromatic carbocycles. The van der Waals surface area contributed by atoms with E-state index in [9.17, 15) is 0 Å². The average Bonchev–Trinajstić information content (AvgIpc) is 2.69. The molecule has 1 aromatic rings. The van der Waals surface area contributed by atoms with Gasteiger partial charge in [-0.15, -0.1) is 0 Å². The van der Waals surface area contributed by atoms with Crippen LogP contribution in [0.5, 0.6) is 0 Å². The van der Waals surface area contributed by atoms with Crippen molar-refractivity contribution in [2.24, 2.45) is 0 Å². The normalized spacial score (nSPS) is 30.1. The summed E-state index contributed by atoms with van der Waals surface area (Å²) in [6.07, 6.45) is 1.06. The van der Waals surface area contributed by atoms with E-state index in [1.54, 1.807) is 0 Å². The standard InChI is InChI=1S/C9H10N/c10-9-6-8(9)7-4-2-1-3-5-7/h1-5,8-10H,6H2/t8-,9+/m1/s1. The number of hydrogen-bond acceptors (Lipinski definition) is 0. The van der Waals surface area contributed by atoms with E-state index in [1.165, 1.54) is 5.56 Å². The summed E-state index contributed by atoms with van der Waals surface area (Å²) in [6, 6.07) is 10.5. The van der Waals surface area contributed by atoms with Gasteiger partial charge in [0, 0.05) is 12.0 Å². The Labute approximate surface area is 60.9 Å². The molecule has 1 aliphatic rings. The summed E-state index contributed by atoms with van der Waals surface area (Å²) < 4.78 is 0. The molecule has 51 valence electrons. The van der Waals surface area contributed by atoms with Gasteiger partial charge < -0.3 is 0 Å². The van der Waals surface area contributed by atoms with Gasteiger partial charge in [-0.3, -0.25) is 5.73 Å². The van der Waals surface area contributed by atoms with Crippen LogP contribution in [0.3, 0.4) is 0 Å². The lowest BCUT2D eigenvalue weighted by Crippen LogP contribution is -1.86. The van der Waals surface area contributed by atoms with Crippen molar-refractivity contribution in [2.45, 2.75) is 18.4 Å². The van der Waals surface area contributed by atoms with Crippen molar-refractivity contribution in [1.29, 1.82) is 0 Å². The zero-order chi connectivity index (χ0) is 6.97. The van der Waals surface area contributed by atoms with E-state index in [0.29, 0.717) is 5.92 Å². The third kappa shape index (κ3) is 0.929. The molecule has 10 heavy (non-hydrogen) atoms. The second kappa shape index (κ2) is 2.10. The molecular formula is C9H10N. The lowest BCUT2D eigenvalue weighted by Gasteiger charge is -1.94. The van der Waals surface area contributed by atoms with Gasteiger partial charge in [-0.25, -0.2) is 0 Å². The molecule has 1 N–H and O–H groups in total. The minimum absolute atomic E-state index is 0.183. The molecule has 2 rings (SSSR count).